The summed E-state index contributed by atoms with van der Waals surface area (Å²) >= 11 is 0. The second kappa shape index (κ2) is 6.55. The van der Waals surface area contributed by atoms with Crippen LogP contribution in [-0.2, 0) is 20.0 Å². The zero-order valence-electron chi connectivity index (χ0n) is 16.1. The van der Waals surface area contributed by atoms with Crippen LogP contribution in [0.1, 0.15) is 21.6 Å². The maximum atomic E-state index is 13.1. The maximum absolute atomic E-state index is 13.1. The summed E-state index contributed by atoms with van der Waals surface area (Å²) in [5.74, 6) is -0.363. The van der Waals surface area contributed by atoms with E-state index in [0.29, 0.717) is 30.5 Å². The fourth-order valence-corrected chi connectivity index (χ4v) is 4.16. The monoisotopic (exact) mass is 413 g/mol. The number of nitrogens with one attached hydrogen (secondary N) is 1. The lowest BCUT2D eigenvalue weighted by molar-refractivity contribution is -0.274. The number of ether oxygens (including phenoxy) is 1. The Kier molecular flexibility index (Phi) is 4.06. The Morgan fingerprint density at radius 1 is 1.13 bits per heavy atom. The van der Waals surface area contributed by atoms with Gasteiger partial charge in [0.2, 0.25) is 0 Å². The number of halogens is 3. The summed E-state index contributed by atoms with van der Waals surface area (Å²) in [5.41, 5.74) is 4.14. The normalized spacial score (nSPS) is 14.3. The quantitative estimate of drug-likeness (QED) is 0.515. The first kappa shape index (κ1) is 18.6. The maximum Gasteiger partial charge on any atom is 0.573 e. The number of benzene rings is 2. The highest BCUT2D eigenvalue weighted by Gasteiger charge is 2.32. The number of rotatable bonds is 2. The topological polar surface area (TPSA) is 50.3 Å². The van der Waals surface area contributed by atoms with E-state index < -0.39 is 6.36 Å². The number of H-pyrrole nitrogens is 1. The van der Waals surface area contributed by atoms with Crippen LogP contribution in [0.4, 0.5) is 13.2 Å². The second-order valence-electron chi connectivity index (χ2n) is 7.51. The average Bonchev–Trinajstić information content (AvgIpc) is 3.25. The van der Waals surface area contributed by atoms with Crippen molar-refractivity contribution in [2.24, 2.45) is 7.05 Å². The molecule has 4 aromatic rings. The molecular weight excluding hydrogens is 395 g/mol. The van der Waals surface area contributed by atoms with E-state index in [9.17, 15) is 18.0 Å². The molecule has 2 aromatic carbocycles. The van der Waals surface area contributed by atoms with Gasteiger partial charge in [0.25, 0.3) is 5.91 Å². The molecule has 0 radical (unpaired) electrons. The third kappa shape index (κ3) is 3.18. The first-order valence-electron chi connectivity index (χ1n) is 9.52. The van der Waals surface area contributed by atoms with Crippen molar-refractivity contribution in [3.05, 3.63) is 65.5 Å². The SMILES string of the molecule is Cn1ccc2cc(C(=O)N3CCc4[nH]c5ccc(OC(F)(F)F)cc5c4C3)ccc21. The number of fused-ring (bicyclic) bond motifs is 4. The summed E-state index contributed by atoms with van der Waals surface area (Å²) < 4.78 is 43.8. The van der Waals surface area contributed by atoms with Crippen LogP contribution in [0, 0.1) is 0 Å². The summed E-state index contributed by atoms with van der Waals surface area (Å²) in [7, 11) is 1.95. The first-order valence-corrected chi connectivity index (χ1v) is 9.52. The van der Waals surface area contributed by atoms with E-state index in [4.69, 9.17) is 0 Å². The summed E-state index contributed by atoms with van der Waals surface area (Å²) in [6.45, 7) is 0.869. The van der Waals surface area contributed by atoms with E-state index in [-0.39, 0.29) is 11.7 Å². The molecule has 0 spiro atoms. The van der Waals surface area contributed by atoms with Gasteiger partial charge >= 0.3 is 6.36 Å². The van der Waals surface area contributed by atoms with Crippen LogP contribution < -0.4 is 4.74 Å². The van der Waals surface area contributed by atoms with Crippen molar-refractivity contribution < 1.29 is 22.7 Å². The van der Waals surface area contributed by atoms with E-state index in [0.717, 1.165) is 27.7 Å². The first-order chi connectivity index (χ1) is 14.3. The minimum Gasteiger partial charge on any atom is -0.406 e. The number of hydrogen-bond acceptors (Lipinski definition) is 2. The Morgan fingerprint density at radius 2 is 1.97 bits per heavy atom. The van der Waals surface area contributed by atoms with Gasteiger partial charge in [0.1, 0.15) is 5.75 Å². The minimum atomic E-state index is -4.75. The number of amides is 1. The summed E-state index contributed by atoms with van der Waals surface area (Å²) in [5, 5.41) is 1.63. The Bertz CT molecular complexity index is 1290. The zero-order valence-corrected chi connectivity index (χ0v) is 16.1. The van der Waals surface area contributed by atoms with Crippen LogP contribution >= 0.6 is 0 Å². The molecule has 0 fully saturated rings. The number of aryl methyl sites for hydroxylation is 1. The number of carbonyl (C=O) groups excluding carboxylic acids is 1. The predicted molar refractivity (Wildman–Crippen MR) is 106 cm³/mol. The van der Waals surface area contributed by atoms with Crippen LogP contribution in [-0.4, -0.2) is 33.3 Å². The molecule has 0 saturated carbocycles. The molecule has 5 rings (SSSR count). The van der Waals surface area contributed by atoms with Crippen molar-refractivity contribution in [1.82, 2.24) is 14.5 Å². The summed E-state index contributed by atoms with van der Waals surface area (Å²) in [4.78, 5) is 18.1. The number of aromatic nitrogens is 2. The number of aromatic amines is 1. The van der Waals surface area contributed by atoms with Crippen molar-refractivity contribution in [3.8, 4) is 5.75 Å². The fourth-order valence-electron chi connectivity index (χ4n) is 4.16. The van der Waals surface area contributed by atoms with Crippen LogP contribution in [0.5, 0.6) is 5.75 Å². The van der Waals surface area contributed by atoms with Gasteiger partial charge in [-0.25, -0.2) is 0 Å². The van der Waals surface area contributed by atoms with Crippen molar-refractivity contribution in [2.45, 2.75) is 19.3 Å². The standard InChI is InChI=1S/C22H18F3N3O2/c1-27-8-6-13-10-14(2-5-20(13)27)21(29)28-9-7-19-17(12-28)16-11-15(30-22(23,24)25)3-4-18(16)26-19/h2-6,8,10-11,26H,7,9,12H2,1H3. The molecule has 30 heavy (non-hydrogen) atoms. The Hall–Kier alpha value is -3.42. The van der Waals surface area contributed by atoms with Crippen LogP contribution in [0.15, 0.2) is 48.7 Å². The van der Waals surface area contributed by atoms with Crippen molar-refractivity contribution >= 4 is 27.7 Å². The zero-order chi connectivity index (χ0) is 21.0. The minimum absolute atomic E-state index is 0.0940. The molecule has 0 saturated heterocycles. The largest absolute Gasteiger partial charge is 0.573 e. The molecule has 2 aromatic heterocycles. The van der Waals surface area contributed by atoms with Gasteiger partial charge in [-0.05, 0) is 42.5 Å². The highest BCUT2D eigenvalue weighted by Crippen LogP contribution is 2.33. The van der Waals surface area contributed by atoms with Gasteiger partial charge in [0.05, 0.1) is 0 Å². The lowest BCUT2D eigenvalue weighted by atomic mass is 10.0. The van der Waals surface area contributed by atoms with Crippen LogP contribution in [0.3, 0.4) is 0 Å². The number of hydrogen-bond donors (Lipinski definition) is 1. The molecule has 0 bridgehead atoms. The molecule has 1 aliphatic heterocycles. The second-order valence-corrected chi connectivity index (χ2v) is 7.51. The van der Waals surface area contributed by atoms with E-state index in [1.54, 1.807) is 11.0 Å². The molecule has 8 heteroatoms. The molecule has 3 heterocycles. The summed E-state index contributed by atoms with van der Waals surface area (Å²) in [6.07, 6.45) is -2.19. The number of carbonyl (C=O) groups is 1. The highest BCUT2D eigenvalue weighted by atomic mass is 19.4. The van der Waals surface area contributed by atoms with Gasteiger partial charge in [-0.1, -0.05) is 0 Å². The van der Waals surface area contributed by atoms with Gasteiger partial charge in [-0.15, -0.1) is 13.2 Å². The number of alkyl halides is 3. The Morgan fingerprint density at radius 3 is 2.77 bits per heavy atom. The van der Waals surface area contributed by atoms with Gasteiger partial charge in [0.15, 0.2) is 0 Å². The third-order valence-corrected chi connectivity index (χ3v) is 5.60. The van der Waals surface area contributed by atoms with Gasteiger partial charge in [-0.3, -0.25) is 4.79 Å². The molecular formula is C22H18F3N3O2. The predicted octanol–water partition coefficient (Wildman–Crippen LogP) is 4.76. The Labute approximate surface area is 169 Å². The molecule has 0 aliphatic carbocycles. The molecule has 1 N–H and O–H groups in total. The number of nitrogens with zero attached hydrogens (tertiary/aromatic N) is 2. The van der Waals surface area contributed by atoms with Gasteiger partial charge in [0, 0.05) is 71.4 Å². The van der Waals surface area contributed by atoms with E-state index in [1.165, 1.54) is 12.1 Å². The lowest BCUT2D eigenvalue weighted by Crippen LogP contribution is -2.35. The van der Waals surface area contributed by atoms with Gasteiger partial charge < -0.3 is 19.2 Å². The van der Waals surface area contributed by atoms with Crippen LogP contribution in [0.2, 0.25) is 0 Å². The van der Waals surface area contributed by atoms with E-state index in [1.807, 2.05) is 42.1 Å². The molecule has 0 unspecified atom stereocenters. The van der Waals surface area contributed by atoms with Crippen molar-refractivity contribution in [2.75, 3.05) is 6.54 Å². The third-order valence-electron chi connectivity index (χ3n) is 5.60. The van der Waals surface area contributed by atoms with E-state index >= 15 is 0 Å². The highest BCUT2D eigenvalue weighted by molar-refractivity contribution is 5.98. The molecule has 154 valence electrons. The molecule has 0 atom stereocenters. The smallest absolute Gasteiger partial charge is 0.406 e. The van der Waals surface area contributed by atoms with Crippen molar-refractivity contribution in [1.29, 1.82) is 0 Å². The Balaban J connectivity index is 1.46. The summed E-state index contributed by atoms with van der Waals surface area (Å²) in [6, 6.07) is 11.8. The van der Waals surface area contributed by atoms with Crippen LogP contribution in [0.25, 0.3) is 21.8 Å². The molecule has 1 aliphatic rings. The van der Waals surface area contributed by atoms with E-state index in [2.05, 4.69) is 9.72 Å². The average molecular weight is 413 g/mol. The fraction of sp³-hybridized carbons (Fsp3) is 0.227. The molecule has 1 amide bonds. The van der Waals surface area contributed by atoms with Crippen molar-refractivity contribution in [3.63, 3.8) is 0 Å². The lowest BCUT2D eigenvalue weighted by Gasteiger charge is -2.27. The van der Waals surface area contributed by atoms with Gasteiger partial charge in [-0.2, -0.15) is 0 Å². The molecule has 5 nitrogen and oxygen atoms in total.